The van der Waals surface area contributed by atoms with Gasteiger partial charge in [-0.2, -0.15) is 22.8 Å². The Hall–Kier alpha value is -1.78. The molecule has 0 amide bonds. The van der Waals surface area contributed by atoms with Crippen molar-refractivity contribution in [2.24, 2.45) is 15.0 Å². The van der Waals surface area contributed by atoms with Gasteiger partial charge in [0, 0.05) is 19.3 Å². The highest BCUT2D eigenvalue weighted by atomic mass is 31.2. The van der Waals surface area contributed by atoms with Crippen molar-refractivity contribution in [3.63, 3.8) is 0 Å². The second-order valence-corrected chi connectivity index (χ2v) is 16.8. The lowest BCUT2D eigenvalue weighted by Crippen LogP contribution is -2.80. The van der Waals surface area contributed by atoms with E-state index < -0.39 is 7.82 Å². The van der Waals surface area contributed by atoms with Gasteiger partial charge in [-0.1, -0.05) is 175 Å². The highest BCUT2D eigenvalue weighted by molar-refractivity contribution is 7.40. The van der Waals surface area contributed by atoms with Crippen LogP contribution in [0.15, 0.2) is 50.7 Å². The van der Waals surface area contributed by atoms with E-state index in [0.717, 1.165) is 17.1 Å². The van der Waals surface area contributed by atoms with Crippen molar-refractivity contribution >= 4 is 25.3 Å². The molecule has 3 aliphatic rings. The Bertz CT molecular complexity index is 1050. The van der Waals surface area contributed by atoms with Crippen molar-refractivity contribution in [3.05, 3.63) is 35.7 Å². The van der Waals surface area contributed by atoms with Crippen molar-refractivity contribution in [2.45, 2.75) is 234 Å². The Morgan fingerprint density at radius 3 is 0.732 bits per heavy atom. The fourth-order valence-corrected chi connectivity index (χ4v) is 6.82. The maximum Gasteiger partial charge on any atom is 0.204 e. The number of hydrogen-bond acceptors (Lipinski definition) is 7. The Balaban J connectivity index is 0.000000762. The maximum absolute atomic E-state index is 8.55. The quantitative estimate of drug-likeness (QED) is 0.0489. The van der Waals surface area contributed by atoms with Gasteiger partial charge in [0.05, 0.1) is 17.1 Å². The van der Waals surface area contributed by atoms with Gasteiger partial charge >= 0.3 is 0 Å². The lowest BCUT2D eigenvalue weighted by molar-refractivity contribution is -0.461. The lowest BCUT2D eigenvalue weighted by Gasteiger charge is -2.36. The number of amidine groups is 3. The third kappa shape index (κ3) is 40.4. The minimum Gasteiger partial charge on any atom is -0.822 e. The molecule has 0 saturated heterocycles. The zero-order valence-electron chi connectivity index (χ0n) is 37.1. The van der Waals surface area contributed by atoms with E-state index in [4.69, 9.17) is 19.2 Å². The summed E-state index contributed by atoms with van der Waals surface area (Å²) in [6, 6.07) is 0. The summed E-state index contributed by atoms with van der Waals surface area (Å²) in [5, 5.41) is 6.50. The molecule has 0 saturated carbocycles. The normalized spacial score (nSPS) is 14.7. The molecular formula is C45H87N6O4P. The second-order valence-electron chi connectivity index (χ2n) is 15.9. The molecule has 0 aromatic rings. The number of nitrogens with zero attached hydrogens (tertiary/aromatic N) is 3. The van der Waals surface area contributed by atoms with Crippen molar-refractivity contribution in [2.75, 3.05) is 0 Å². The standard InChI is InChI=1S/3C15H28N2.H3O4P/c3*1-3-4-5-6-7-8-9-10-11-12-15-16-13-14(2)17-15;1-5(2,3)4/h3*13H,3-12H2,1-2H3,(H,16,17);(H3,1,2,3,4). The molecule has 0 aliphatic carbocycles. The Kier molecular flexibility index (Phi) is 37.5. The molecule has 0 unspecified atom stereocenters. The van der Waals surface area contributed by atoms with Crippen molar-refractivity contribution in [1.29, 1.82) is 0 Å². The fraction of sp³-hybridized carbons (Fsp3) is 0.800. The van der Waals surface area contributed by atoms with Crippen LogP contribution in [0.2, 0.25) is 0 Å². The van der Waals surface area contributed by atoms with Crippen LogP contribution >= 0.6 is 7.82 Å². The molecule has 56 heavy (non-hydrogen) atoms. The van der Waals surface area contributed by atoms with Gasteiger partial charge in [0.2, 0.25) is 17.5 Å². The van der Waals surface area contributed by atoms with E-state index in [-0.39, 0.29) is 0 Å². The zero-order valence-corrected chi connectivity index (χ0v) is 38.0. The van der Waals surface area contributed by atoms with Gasteiger partial charge in [-0.15, -0.1) is 0 Å². The average molecular weight is 807 g/mol. The van der Waals surface area contributed by atoms with Crippen LogP contribution in [0.4, 0.5) is 0 Å². The number of aliphatic imine (C=N–C) groups is 3. The largest absolute Gasteiger partial charge is 0.822 e. The first kappa shape index (κ1) is 54.2. The molecule has 0 aromatic carbocycles. The van der Waals surface area contributed by atoms with Crippen molar-refractivity contribution in [3.8, 4) is 0 Å². The van der Waals surface area contributed by atoms with E-state index in [1.54, 1.807) is 0 Å². The maximum atomic E-state index is 8.55. The van der Waals surface area contributed by atoms with Crippen molar-refractivity contribution in [1.82, 2.24) is 0 Å². The van der Waals surface area contributed by atoms with Gasteiger partial charge in [-0.05, 0) is 40.0 Å². The molecule has 0 atom stereocenters. The molecule has 3 rings (SSSR count). The van der Waals surface area contributed by atoms with Gasteiger partial charge in [0.1, 0.15) is 18.6 Å². The van der Waals surface area contributed by atoms with E-state index in [0.29, 0.717) is 0 Å². The van der Waals surface area contributed by atoms with Gasteiger partial charge in [-0.25, -0.2) is 0 Å². The second kappa shape index (κ2) is 38.7. The summed E-state index contributed by atoms with van der Waals surface area (Å²) in [5.74, 6) is 3.85. The molecule has 3 heterocycles. The number of hydrogen-bond donors (Lipinski definition) is 3. The van der Waals surface area contributed by atoms with E-state index in [1.165, 1.54) is 210 Å². The predicted octanol–water partition coefficient (Wildman–Crippen LogP) is 8.41. The van der Waals surface area contributed by atoms with Gasteiger partial charge in [0.25, 0.3) is 0 Å². The van der Waals surface area contributed by atoms with Crippen LogP contribution in [0.5, 0.6) is 0 Å². The van der Waals surface area contributed by atoms with Gasteiger partial charge in [0.15, 0.2) is 0 Å². The molecular weight excluding hydrogens is 720 g/mol. The first-order chi connectivity index (χ1) is 27.0. The highest BCUT2D eigenvalue weighted by Crippen LogP contribution is 2.13. The third-order valence-corrected chi connectivity index (χ3v) is 10.1. The number of nitrogens with two attached hydrogens (primary N) is 3. The van der Waals surface area contributed by atoms with Gasteiger partial charge in [-0.3, -0.25) is 16.0 Å². The predicted molar refractivity (Wildman–Crippen MR) is 232 cm³/mol. The highest BCUT2D eigenvalue weighted by Gasteiger charge is 2.10. The first-order valence-corrected chi connectivity index (χ1v) is 24.4. The Labute approximate surface area is 344 Å². The van der Waals surface area contributed by atoms with Crippen LogP contribution in [-0.4, -0.2) is 17.5 Å². The first-order valence-electron chi connectivity index (χ1n) is 23.0. The molecule has 3 aliphatic heterocycles. The summed E-state index contributed by atoms with van der Waals surface area (Å²) in [7, 11) is -5.39. The molecule has 10 nitrogen and oxygen atoms in total. The summed E-state index contributed by atoms with van der Waals surface area (Å²) in [4.78, 5) is 39.1. The molecule has 326 valence electrons. The van der Waals surface area contributed by atoms with Crippen LogP contribution in [-0.2, 0) is 4.57 Å². The monoisotopic (exact) mass is 807 g/mol. The number of phosphoric acid groups is 1. The number of unbranched alkanes of at least 4 members (excludes halogenated alkanes) is 24. The number of allylic oxidation sites excluding steroid dienone is 3. The molecule has 0 fully saturated rings. The number of rotatable bonds is 30. The van der Waals surface area contributed by atoms with E-state index >= 15 is 0 Å². The van der Waals surface area contributed by atoms with Crippen LogP contribution in [0.1, 0.15) is 234 Å². The van der Waals surface area contributed by atoms with E-state index in [1.807, 2.05) is 0 Å². The van der Waals surface area contributed by atoms with Gasteiger partial charge < -0.3 is 19.2 Å². The van der Waals surface area contributed by atoms with Crippen LogP contribution < -0.4 is 30.6 Å². The summed E-state index contributed by atoms with van der Waals surface area (Å²) in [5.41, 5.74) is 3.49. The smallest absolute Gasteiger partial charge is 0.204 e. The Morgan fingerprint density at radius 1 is 0.393 bits per heavy atom. The molecule has 0 aromatic heterocycles. The molecule has 0 radical (unpaired) electrons. The third-order valence-electron chi connectivity index (χ3n) is 10.1. The van der Waals surface area contributed by atoms with E-state index in [2.05, 4.69) is 91.1 Å². The minimum absolute atomic E-state index is 1.16. The minimum atomic E-state index is -5.39. The number of quaternary nitrogens is 3. The average Bonchev–Trinajstić information content (AvgIpc) is 3.90. The lowest BCUT2D eigenvalue weighted by atomic mass is 10.1. The van der Waals surface area contributed by atoms with Crippen LogP contribution in [0, 0.1) is 0 Å². The SMILES string of the molecule is CCCCCCCCCCCC1=NC(C)=C[NH2+]1.CCCCCCCCCCCC1=NC(C)=C[NH2+]1.CCCCCCCCCCCC1=NC(C)=C[NH2+]1.O=P([O-])([O-])[O-]. The molecule has 11 heteroatoms. The topological polar surface area (TPSA) is 173 Å². The molecule has 0 bridgehead atoms. The zero-order chi connectivity index (χ0) is 41.5. The molecule has 6 N–H and O–H groups in total. The van der Waals surface area contributed by atoms with E-state index in [9.17, 15) is 0 Å². The van der Waals surface area contributed by atoms with Crippen LogP contribution in [0.25, 0.3) is 0 Å². The summed E-state index contributed by atoms with van der Waals surface area (Å²) >= 11 is 0. The van der Waals surface area contributed by atoms with Crippen molar-refractivity contribution < 1.29 is 35.2 Å². The Morgan fingerprint density at radius 2 is 0.571 bits per heavy atom. The summed E-state index contributed by atoms with van der Waals surface area (Å²) in [6.07, 6.45) is 47.7. The molecule has 0 spiro atoms. The summed E-state index contributed by atoms with van der Waals surface area (Å²) < 4.78 is 8.55. The fourth-order valence-electron chi connectivity index (χ4n) is 6.82. The van der Waals surface area contributed by atoms with Crippen LogP contribution in [0.3, 0.4) is 0 Å². The summed E-state index contributed by atoms with van der Waals surface area (Å²) in [6.45, 7) is 13.0.